The molecule has 1 aliphatic rings. The van der Waals surface area contributed by atoms with E-state index in [1.165, 1.54) is 35.9 Å². The normalized spacial score (nSPS) is 15.5. The van der Waals surface area contributed by atoms with Crippen LogP contribution in [0.15, 0.2) is 46.9 Å². The van der Waals surface area contributed by atoms with E-state index in [2.05, 4.69) is 37.6 Å². The van der Waals surface area contributed by atoms with E-state index in [1.807, 2.05) is 31.2 Å². The molecule has 2 heterocycles. The molecule has 164 valence electrons. The Bertz CT molecular complexity index is 997. The molecule has 0 radical (unpaired) electrons. The minimum atomic E-state index is -0.314. The summed E-state index contributed by atoms with van der Waals surface area (Å²) in [6.45, 7) is 1.91. The van der Waals surface area contributed by atoms with Gasteiger partial charge in [-0.2, -0.15) is 0 Å². The number of nitrogens with one attached hydrogen (secondary N) is 1. The summed E-state index contributed by atoms with van der Waals surface area (Å²) in [4.78, 5) is 14.2. The summed E-state index contributed by atoms with van der Waals surface area (Å²) in [6, 6.07) is 12.1. The largest absolute Gasteiger partial charge is 0.495 e. The van der Waals surface area contributed by atoms with E-state index < -0.39 is 0 Å². The van der Waals surface area contributed by atoms with Gasteiger partial charge in [-0.05, 0) is 43.3 Å². The molecule has 8 heteroatoms. The first kappa shape index (κ1) is 21.9. The number of benzene rings is 1. The molecule has 1 amide bonds. The van der Waals surface area contributed by atoms with E-state index in [4.69, 9.17) is 4.74 Å². The fourth-order valence-corrected chi connectivity index (χ4v) is 5.62. The highest BCUT2D eigenvalue weighted by molar-refractivity contribution is 8.00. The minimum absolute atomic E-state index is 0.0764. The number of thiophene rings is 1. The van der Waals surface area contributed by atoms with Gasteiger partial charge in [0.15, 0.2) is 5.16 Å². The summed E-state index contributed by atoms with van der Waals surface area (Å²) < 4.78 is 7.65. The van der Waals surface area contributed by atoms with Crippen molar-refractivity contribution in [3.05, 3.63) is 52.5 Å². The second-order valence-corrected chi connectivity index (χ2v) is 10.1. The van der Waals surface area contributed by atoms with Gasteiger partial charge >= 0.3 is 0 Å². The van der Waals surface area contributed by atoms with Gasteiger partial charge < -0.3 is 14.6 Å². The third kappa shape index (κ3) is 5.30. The van der Waals surface area contributed by atoms with Crippen molar-refractivity contribution < 1.29 is 9.53 Å². The molecule has 0 aliphatic heterocycles. The zero-order valence-corrected chi connectivity index (χ0v) is 19.5. The van der Waals surface area contributed by atoms with Gasteiger partial charge in [0.1, 0.15) is 11.6 Å². The Morgan fingerprint density at radius 1 is 1.23 bits per heavy atom. The maximum Gasteiger partial charge on any atom is 0.237 e. The maximum atomic E-state index is 12.9. The van der Waals surface area contributed by atoms with E-state index >= 15 is 0 Å². The number of nitrogens with zero attached hydrogens (tertiary/aromatic N) is 3. The average molecular weight is 457 g/mol. The average Bonchev–Trinajstić information content (AvgIpc) is 3.45. The van der Waals surface area contributed by atoms with Crippen LogP contribution >= 0.6 is 23.1 Å². The lowest BCUT2D eigenvalue weighted by Crippen LogP contribution is -2.24. The van der Waals surface area contributed by atoms with Gasteiger partial charge in [0, 0.05) is 17.3 Å². The van der Waals surface area contributed by atoms with Gasteiger partial charge in [-0.25, -0.2) is 0 Å². The third-order valence-electron chi connectivity index (χ3n) is 5.60. The second kappa shape index (κ2) is 10.3. The molecule has 0 saturated heterocycles. The van der Waals surface area contributed by atoms with Crippen LogP contribution in [0.1, 0.15) is 55.8 Å². The Hall–Kier alpha value is -2.32. The van der Waals surface area contributed by atoms with Crippen molar-refractivity contribution in [3.63, 3.8) is 0 Å². The summed E-state index contributed by atoms with van der Waals surface area (Å²) in [6.07, 6.45) is 6.82. The van der Waals surface area contributed by atoms with Gasteiger partial charge in [0.2, 0.25) is 5.91 Å². The first-order valence-corrected chi connectivity index (χ1v) is 12.5. The van der Waals surface area contributed by atoms with Crippen molar-refractivity contribution in [2.75, 3.05) is 12.4 Å². The lowest BCUT2D eigenvalue weighted by atomic mass is 9.95. The predicted molar refractivity (Wildman–Crippen MR) is 126 cm³/mol. The number of carbonyl (C=O) groups is 1. The van der Waals surface area contributed by atoms with Crippen LogP contribution < -0.4 is 10.1 Å². The van der Waals surface area contributed by atoms with Crippen molar-refractivity contribution in [2.24, 2.45) is 0 Å². The first-order valence-electron chi connectivity index (χ1n) is 10.7. The van der Waals surface area contributed by atoms with Gasteiger partial charge in [0.25, 0.3) is 0 Å². The molecular weight excluding hydrogens is 428 g/mol. The molecule has 4 rings (SSSR count). The molecule has 6 nitrogen and oxygen atoms in total. The van der Waals surface area contributed by atoms with Crippen LogP contribution in [0.4, 0.5) is 5.69 Å². The number of anilines is 1. The fourth-order valence-electron chi connectivity index (χ4n) is 3.98. The Morgan fingerprint density at radius 3 is 2.77 bits per heavy atom. The standard InChI is InChI=1S/C23H28N4O2S2/c1-16(22(28)24-19-12-6-7-13-20(19)29-2)31-23-26-25-21(15-18-11-8-14-30-18)27(23)17-9-4-3-5-10-17/h6-8,11-14,16-17H,3-5,9-10,15H2,1-2H3,(H,24,28). The van der Waals surface area contributed by atoms with Crippen molar-refractivity contribution in [1.29, 1.82) is 0 Å². The Kier molecular flexibility index (Phi) is 7.29. The summed E-state index contributed by atoms with van der Waals surface area (Å²) in [7, 11) is 1.60. The zero-order valence-electron chi connectivity index (χ0n) is 17.9. The van der Waals surface area contributed by atoms with E-state index in [9.17, 15) is 4.79 Å². The molecule has 0 bridgehead atoms. The smallest absolute Gasteiger partial charge is 0.237 e. The van der Waals surface area contributed by atoms with Gasteiger partial charge in [-0.3, -0.25) is 4.79 Å². The number of thioether (sulfide) groups is 1. The molecule has 1 aliphatic carbocycles. The number of methoxy groups -OCH3 is 1. The quantitative estimate of drug-likeness (QED) is 0.449. The molecule has 31 heavy (non-hydrogen) atoms. The molecule has 0 spiro atoms. The molecule has 3 aromatic rings. The first-order chi connectivity index (χ1) is 15.2. The molecule has 2 aromatic heterocycles. The number of hydrogen-bond donors (Lipinski definition) is 1. The van der Waals surface area contributed by atoms with Crippen molar-refractivity contribution in [3.8, 4) is 5.75 Å². The summed E-state index contributed by atoms with van der Waals surface area (Å²) in [5.74, 6) is 1.57. The lowest BCUT2D eigenvalue weighted by molar-refractivity contribution is -0.115. The zero-order chi connectivity index (χ0) is 21.6. The van der Waals surface area contributed by atoms with Crippen molar-refractivity contribution >= 4 is 34.7 Å². The second-order valence-electron chi connectivity index (χ2n) is 7.77. The molecule has 1 unspecified atom stereocenters. The maximum absolute atomic E-state index is 12.9. The Balaban J connectivity index is 1.52. The van der Waals surface area contributed by atoms with Crippen molar-refractivity contribution in [1.82, 2.24) is 14.8 Å². The minimum Gasteiger partial charge on any atom is -0.495 e. The highest BCUT2D eigenvalue weighted by Crippen LogP contribution is 2.35. The third-order valence-corrected chi connectivity index (χ3v) is 7.54. The molecular formula is C23H28N4O2S2. The number of para-hydroxylation sites is 2. The van der Waals surface area contributed by atoms with Gasteiger partial charge in [0.05, 0.1) is 18.0 Å². The van der Waals surface area contributed by atoms with Gasteiger partial charge in [-0.15, -0.1) is 21.5 Å². The topological polar surface area (TPSA) is 69.0 Å². The van der Waals surface area contributed by atoms with Crippen LogP contribution in [0.5, 0.6) is 5.75 Å². The summed E-state index contributed by atoms with van der Waals surface area (Å²) >= 11 is 3.22. The van der Waals surface area contributed by atoms with Crippen molar-refractivity contribution in [2.45, 2.75) is 61.9 Å². The number of amides is 1. The summed E-state index contributed by atoms with van der Waals surface area (Å²) in [5, 5.41) is 14.6. The van der Waals surface area contributed by atoms with E-state index in [0.717, 1.165) is 30.2 Å². The fraction of sp³-hybridized carbons (Fsp3) is 0.435. The predicted octanol–water partition coefficient (Wildman–Crippen LogP) is 5.56. The lowest BCUT2D eigenvalue weighted by Gasteiger charge is -2.26. The Morgan fingerprint density at radius 2 is 2.03 bits per heavy atom. The molecule has 1 atom stereocenters. The number of carbonyl (C=O) groups excluding carboxylic acids is 1. The van der Waals surface area contributed by atoms with Crippen LogP contribution in [0.25, 0.3) is 0 Å². The number of aromatic nitrogens is 3. The number of hydrogen-bond acceptors (Lipinski definition) is 6. The molecule has 1 N–H and O–H groups in total. The molecule has 1 fully saturated rings. The number of ether oxygens (including phenoxy) is 1. The monoisotopic (exact) mass is 456 g/mol. The van der Waals surface area contributed by atoms with Crippen LogP contribution in [0.2, 0.25) is 0 Å². The SMILES string of the molecule is COc1ccccc1NC(=O)C(C)Sc1nnc(Cc2cccs2)n1C1CCCCC1. The van der Waals surface area contributed by atoms with Gasteiger partial charge in [-0.1, -0.05) is 49.2 Å². The molecule has 1 aromatic carbocycles. The van der Waals surface area contributed by atoms with E-state index in [0.29, 0.717) is 17.5 Å². The molecule has 1 saturated carbocycles. The van der Waals surface area contributed by atoms with Crippen LogP contribution in [0.3, 0.4) is 0 Å². The Labute approximate surface area is 191 Å². The van der Waals surface area contributed by atoms with Crippen LogP contribution in [-0.2, 0) is 11.2 Å². The number of rotatable bonds is 8. The highest BCUT2D eigenvalue weighted by atomic mass is 32.2. The van der Waals surface area contributed by atoms with Crippen LogP contribution in [0, 0.1) is 0 Å². The van der Waals surface area contributed by atoms with Crippen LogP contribution in [-0.4, -0.2) is 33.0 Å². The van der Waals surface area contributed by atoms with E-state index in [-0.39, 0.29) is 11.2 Å². The van der Waals surface area contributed by atoms with E-state index in [1.54, 1.807) is 18.4 Å². The highest BCUT2D eigenvalue weighted by Gasteiger charge is 2.26. The summed E-state index contributed by atoms with van der Waals surface area (Å²) in [5.41, 5.74) is 0.676.